The Balaban J connectivity index is 1.94. The number of carbonyl (C=O) groups excluding carboxylic acids is 1. The van der Waals surface area contributed by atoms with Crippen molar-refractivity contribution in [1.29, 1.82) is 0 Å². The van der Waals surface area contributed by atoms with Crippen molar-refractivity contribution < 1.29 is 4.79 Å². The van der Waals surface area contributed by atoms with Crippen LogP contribution in [0.3, 0.4) is 0 Å². The number of benzene rings is 1. The van der Waals surface area contributed by atoms with Crippen LogP contribution in [0.4, 0.5) is 0 Å². The Morgan fingerprint density at radius 3 is 2.47 bits per heavy atom. The monoisotopic (exact) mass is 360 g/mol. The van der Waals surface area contributed by atoms with E-state index < -0.39 is 0 Å². The minimum Gasteiger partial charge on any atom is -0.350 e. The van der Waals surface area contributed by atoms with Gasteiger partial charge in [0.05, 0.1) is 0 Å². The second-order valence-corrected chi connectivity index (χ2v) is 6.20. The number of hydrogen-bond donors (Lipinski definition) is 2. The normalized spacial score (nSPS) is 16.6. The lowest BCUT2D eigenvalue weighted by molar-refractivity contribution is 0.0950. The van der Waals surface area contributed by atoms with Crippen molar-refractivity contribution in [2.24, 2.45) is 11.7 Å². The molecule has 1 fully saturated rings. The van der Waals surface area contributed by atoms with Crippen molar-refractivity contribution in [3.8, 4) is 0 Å². The number of carbonyl (C=O) groups is 1. The molecule has 5 heteroatoms. The second-order valence-electron chi connectivity index (χ2n) is 4.37. The maximum atomic E-state index is 11.9. The minimum atomic E-state index is -0.0805. The van der Waals surface area contributed by atoms with E-state index in [1.807, 2.05) is 6.07 Å². The molecule has 1 unspecified atom stereocenters. The summed E-state index contributed by atoms with van der Waals surface area (Å²) in [5, 5.41) is 2.87. The molecule has 3 nitrogen and oxygen atoms in total. The fourth-order valence-electron chi connectivity index (χ4n) is 1.69. The molecule has 1 aromatic rings. The van der Waals surface area contributed by atoms with Gasteiger partial charge in [0.2, 0.25) is 0 Å². The zero-order chi connectivity index (χ0) is 12.4. The first-order chi connectivity index (χ1) is 8.06. The average Bonchev–Trinajstić information content (AvgIpc) is 3.07. The van der Waals surface area contributed by atoms with Gasteiger partial charge >= 0.3 is 0 Å². The predicted molar refractivity (Wildman–Crippen MR) is 74.9 cm³/mol. The third-order valence-corrected chi connectivity index (χ3v) is 3.77. The van der Waals surface area contributed by atoms with Crippen LogP contribution < -0.4 is 11.1 Å². The highest BCUT2D eigenvalue weighted by molar-refractivity contribution is 9.11. The third kappa shape index (κ3) is 3.79. The van der Waals surface area contributed by atoms with Crippen molar-refractivity contribution in [2.45, 2.75) is 18.9 Å². The first-order valence-corrected chi connectivity index (χ1v) is 7.15. The van der Waals surface area contributed by atoms with Gasteiger partial charge in [-0.05, 0) is 37.0 Å². The molecule has 1 atom stereocenters. The predicted octanol–water partition coefficient (Wildman–Crippen LogP) is 2.68. The molecule has 1 saturated carbocycles. The molecule has 0 aliphatic heterocycles. The molecule has 0 saturated heterocycles. The zero-order valence-electron chi connectivity index (χ0n) is 9.25. The fourth-order valence-corrected chi connectivity index (χ4v) is 2.98. The first-order valence-electron chi connectivity index (χ1n) is 5.56. The summed E-state index contributed by atoms with van der Waals surface area (Å²) in [6, 6.07) is 5.58. The smallest absolute Gasteiger partial charge is 0.251 e. The molecular weight excluding hydrogens is 348 g/mol. The lowest BCUT2D eigenvalue weighted by Gasteiger charge is -2.11. The van der Waals surface area contributed by atoms with Gasteiger partial charge in [-0.25, -0.2) is 0 Å². The molecule has 1 aromatic carbocycles. The van der Waals surface area contributed by atoms with E-state index in [2.05, 4.69) is 37.2 Å². The number of nitrogens with two attached hydrogens (primary N) is 1. The molecule has 1 aliphatic rings. The van der Waals surface area contributed by atoms with Crippen LogP contribution in [-0.2, 0) is 0 Å². The minimum absolute atomic E-state index is 0.0805. The van der Waals surface area contributed by atoms with Gasteiger partial charge in [-0.15, -0.1) is 0 Å². The van der Waals surface area contributed by atoms with Gasteiger partial charge < -0.3 is 11.1 Å². The second kappa shape index (κ2) is 5.50. The van der Waals surface area contributed by atoms with Gasteiger partial charge in [0.1, 0.15) is 0 Å². The Kier molecular flexibility index (Phi) is 4.22. The van der Waals surface area contributed by atoms with Crippen LogP contribution in [0, 0.1) is 5.92 Å². The van der Waals surface area contributed by atoms with Crippen molar-refractivity contribution >= 4 is 37.8 Å². The van der Waals surface area contributed by atoms with Crippen LogP contribution in [0.25, 0.3) is 0 Å². The fraction of sp³-hybridized carbons (Fsp3) is 0.417. The summed E-state index contributed by atoms with van der Waals surface area (Å²) in [7, 11) is 0. The highest BCUT2D eigenvalue weighted by atomic mass is 79.9. The Labute approximate surface area is 117 Å². The molecular formula is C12H14Br2N2O. The summed E-state index contributed by atoms with van der Waals surface area (Å²) in [6.07, 6.45) is 2.39. The lowest BCUT2D eigenvalue weighted by Crippen LogP contribution is -2.38. The molecule has 1 amide bonds. The lowest BCUT2D eigenvalue weighted by atomic mass is 10.2. The van der Waals surface area contributed by atoms with Gasteiger partial charge in [0.15, 0.2) is 0 Å². The summed E-state index contributed by atoms with van der Waals surface area (Å²) in [5.41, 5.74) is 6.57. The number of rotatable bonds is 4. The van der Waals surface area contributed by atoms with E-state index in [-0.39, 0.29) is 11.9 Å². The standard InChI is InChI=1S/C12H14Br2N2O/c13-9-3-8(4-10(14)5-9)12(17)16-6-11(15)7-1-2-7/h3-5,7,11H,1-2,6,15H2,(H,16,17). The molecule has 2 rings (SSSR count). The molecule has 17 heavy (non-hydrogen) atoms. The molecule has 0 aromatic heterocycles. The van der Waals surface area contributed by atoms with E-state index in [1.54, 1.807) is 12.1 Å². The Morgan fingerprint density at radius 1 is 1.35 bits per heavy atom. The maximum absolute atomic E-state index is 11.9. The van der Waals surface area contributed by atoms with E-state index in [1.165, 1.54) is 12.8 Å². The molecule has 0 spiro atoms. The molecule has 0 bridgehead atoms. The van der Waals surface area contributed by atoms with Gasteiger partial charge in [-0.2, -0.15) is 0 Å². The number of nitrogens with one attached hydrogen (secondary N) is 1. The highest BCUT2D eigenvalue weighted by Crippen LogP contribution is 2.31. The SMILES string of the molecule is NC(CNC(=O)c1cc(Br)cc(Br)c1)C1CC1. The van der Waals surface area contributed by atoms with E-state index in [0.717, 1.165) is 8.95 Å². The van der Waals surface area contributed by atoms with Crippen molar-refractivity contribution in [3.63, 3.8) is 0 Å². The van der Waals surface area contributed by atoms with Crippen LogP contribution in [0.5, 0.6) is 0 Å². The largest absolute Gasteiger partial charge is 0.350 e. The van der Waals surface area contributed by atoms with Crippen LogP contribution in [0.1, 0.15) is 23.2 Å². The van der Waals surface area contributed by atoms with Crippen molar-refractivity contribution in [2.75, 3.05) is 6.54 Å². The van der Waals surface area contributed by atoms with E-state index in [4.69, 9.17) is 5.73 Å². The van der Waals surface area contributed by atoms with Crippen molar-refractivity contribution in [3.05, 3.63) is 32.7 Å². The Morgan fingerprint density at radius 2 is 1.94 bits per heavy atom. The molecule has 1 aliphatic carbocycles. The van der Waals surface area contributed by atoms with Crippen LogP contribution in [0.2, 0.25) is 0 Å². The molecule has 3 N–H and O–H groups in total. The van der Waals surface area contributed by atoms with Crippen molar-refractivity contribution in [1.82, 2.24) is 5.32 Å². The number of halogens is 2. The summed E-state index contributed by atoms with van der Waals surface area (Å²) in [4.78, 5) is 11.9. The first kappa shape index (κ1) is 13.1. The van der Waals surface area contributed by atoms with Gasteiger partial charge in [-0.3, -0.25) is 4.79 Å². The molecule has 0 radical (unpaired) electrons. The summed E-state index contributed by atoms with van der Waals surface area (Å²) in [6.45, 7) is 0.549. The van der Waals surface area contributed by atoms with Crippen LogP contribution >= 0.6 is 31.9 Å². The maximum Gasteiger partial charge on any atom is 0.251 e. The molecule has 0 heterocycles. The Bertz CT molecular complexity index is 412. The summed E-state index contributed by atoms with van der Waals surface area (Å²) >= 11 is 6.72. The van der Waals surface area contributed by atoms with Gasteiger partial charge in [-0.1, -0.05) is 31.9 Å². The highest BCUT2D eigenvalue weighted by Gasteiger charge is 2.28. The van der Waals surface area contributed by atoms with Gasteiger partial charge in [0.25, 0.3) is 5.91 Å². The summed E-state index contributed by atoms with van der Waals surface area (Å²) in [5.74, 6) is 0.521. The van der Waals surface area contributed by atoms with E-state index in [9.17, 15) is 4.79 Å². The van der Waals surface area contributed by atoms with E-state index >= 15 is 0 Å². The summed E-state index contributed by atoms with van der Waals surface area (Å²) < 4.78 is 1.76. The zero-order valence-corrected chi connectivity index (χ0v) is 12.4. The topological polar surface area (TPSA) is 55.1 Å². The Hall–Kier alpha value is -0.390. The number of amides is 1. The average molecular weight is 362 g/mol. The van der Waals surface area contributed by atoms with E-state index in [0.29, 0.717) is 18.0 Å². The number of hydrogen-bond acceptors (Lipinski definition) is 2. The third-order valence-electron chi connectivity index (χ3n) is 2.85. The van der Waals surface area contributed by atoms with Gasteiger partial charge in [0, 0.05) is 27.1 Å². The van der Waals surface area contributed by atoms with Crippen LogP contribution in [0.15, 0.2) is 27.1 Å². The quantitative estimate of drug-likeness (QED) is 0.866. The molecule has 92 valence electrons. The van der Waals surface area contributed by atoms with Crippen LogP contribution in [-0.4, -0.2) is 18.5 Å².